The SMILES string of the molecule is Nc1nc2sccn2c1S(=O)(=O)NCCn1ccnc1. The lowest BCUT2D eigenvalue weighted by Gasteiger charge is -2.06. The van der Waals surface area contributed by atoms with Crippen LogP contribution in [0, 0.1) is 0 Å². The van der Waals surface area contributed by atoms with Crippen LogP contribution in [0.25, 0.3) is 4.96 Å². The lowest BCUT2D eigenvalue weighted by Crippen LogP contribution is -2.28. The van der Waals surface area contributed by atoms with Crippen LogP contribution in [0.5, 0.6) is 0 Å². The number of anilines is 1. The van der Waals surface area contributed by atoms with Crippen LogP contribution in [0.3, 0.4) is 0 Å². The molecule has 0 bridgehead atoms. The van der Waals surface area contributed by atoms with Gasteiger partial charge in [-0.3, -0.25) is 4.40 Å². The third-order valence-electron chi connectivity index (χ3n) is 2.72. The lowest BCUT2D eigenvalue weighted by molar-refractivity contribution is 0.569. The molecule has 0 unspecified atom stereocenters. The van der Waals surface area contributed by atoms with Crippen LogP contribution in [0.4, 0.5) is 5.82 Å². The molecule has 3 heterocycles. The Morgan fingerprint density at radius 1 is 1.40 bits per heavy atom. The molecule has 0 aromatic carbocycles. The van der Waals surface area contributed by atoms with Crippen molar-refractivity contribution < 1.29 is 8.42 Å². The minimum atomic E-state index is -3.70. The topological polar surface area (TPSA) is 107 Å². The summed E-state index contributed by atoms with van der Waals surface area (Å²) < 4.78 is 30.3. The third kappa shape index (κ3) is 2.28. The van der Waals surface area contributed by atoms with Crippen LogP contribution in [-0.4, -0.2) is 33.9 Å². The molecule has 10 heteroatoms. The number of rotatable bonds is 5. The zero-order valence-electron chi connectivity index (χ0n) is 10.3. The molecule has 3 N–H and O–H groups in total. The first-order valence-corrected chi connectivity index (χ1v) is 8.10. The predicted octanol–water partition coefficient (Wildman–Crippen LogP) is 0.153. The fourth-order valence-electron chi connectivity index (χ4n) is 1.85. The zero-order valence-corrected chi connectivity index (χ0v) is 11.9. The summed E-state index contributed by atoms with van der Waals surface area (Å²) >= 11 is 1.33. The second-order valence-electron chi connectivity index (χ2n) is 4.06. The van der Waals surface area contributed by atoms with Crippen molar-refractivity contribution in [1.29, 1.82) is 0 Å². The van der Waals surface area contributed by atoms with Gasteiger partial charge in [0.15, 0.2) is 15.8 Å². The highest BCUT2D eigenvalue weighted by molar-refractivity contribution is 7.89. The molecule has 3 aromatic rings. The number of nitrogens with two attached hydrogens (primary N) is 1. The first-order valence-electron chi connectivity index (χ1n) is 5.74. The van der Waals surface area contributed by atoms with Gasteiger partial charge in [-0.2, -0.15) is 0 Å². The molecule has 0 saturated heterocycles. The number of thiazole rings is 1. The summed E-state index contributed by atoms with van der Waals surface area (Å²) in [6, 6.07) is 0. The Morgan fingerprint density at radius 3 is 3.00 bits per heavy atom. The Morgan fingerprint density at radius 2 is 2.25 bits per heavy atom. The lowest BCUT2D eigenvalue weighted by atomic mass is 10.6. The highest BCUT2D eigenvalue weighted by Crippen LogP contribution is 2.22. The number of aromatic nitrogens is 4. The average molecular weight is 312 g/mol. The van der Waals surface area contributed by atoms with E-state index in [0.717, 1.165) is 0 Å². The molecule has 3 rings (SSSR count). The van der Waals surface area contributed by atoms with Gasteiger partial charge in [0.2, 0.25) is 0 Å². The summed E-state index contributed by atoms with van der Waals surface area (Å²) in [4.78, 5) is 8.46. The van der Waals surface area contributed by atoms with Crippen molar-refractivity contribution in [1.82, 2.24) is 23.7 Å². The maximum Gasteiger partial charge on any atom is 0.260 e. The molecule has 0 atom stereocenters. The number of hydrogen-bond acceptors (Lipinski definition) is 6. The summed E-state index contributed by atoms with van der Waals surface area (Å²) in [5, 5.41) is 1.74. The second kappa shape index (κ2) is 4.89. The van der Waals surface area contributed by atoms with Crippen LogP contribution >= 0.6 is 11.3 Å². The first kappa shape index (κ1) is 13.1. The molecule has 0 aliphatic carbocycles. The van der Waals surface area contributed by atoms with Gasteiger partial charge in [0.05, 0.1) is 6.33 Å². The van der Waals surface area contributed by atoms with E-state index in [4.69, 9.17) is 5.73 Å². The van der Waals surface area contributed by atoms with E-state index >= 15 is 0 Å². The quantitative estimate of drug-likeness (QED) is 0.697. The van der Waals surface area contributed by atoms with Gasteiger partial charge in [-0.1, -0.05) is 0 Å². The summed E-state index contributed by atoms with van der Waals surface area (Å²) in [7, 11) is -3.70. The maximum atomic E-state index is 12.3. The fourth-order valence-corrected chi connectivity index (χ4v) is 3.85. The number of nitrogens with one attached hydrogen (secondary N) is 1. The molecule has 0 aliphatic heterocycles. The summed E-state index contributed by atoms with van der Waals surface area (Å²) in [6.07, 6.45) is 6.66. The number of nitrogen functional groups attached to an aromatic ring is 1. The van der Waals surface area contributed by atoms with E-state index in [1.165, 1.54) is 15.7 Å². The van der Waals surface area contributed by atoms with Gasteiger partial charge in [-0.15, -0.1) is 11.3 Å². The van der Waals surface area contributed by atoms with E-state index in [9.17, 15) is 8.42 Å². The van der Waals surface area contributed by atoms with Gasteiger partial charge in [0.1, 0.15) is 0 Å². The van der Waals surface area contributed by atoms with Crippen molar-refractivity contribution in [2.24, 2.45) is 0 Å². The van der Waals surface area contributed by atoms with E-state index in [2.05, 4.69) is 14.7 Å². The van der Waals surface area contributed by atoms with Crippen molar-refractivity contribution in [3.8, 4) is 0 Å². The number of sulfonamides is 1. The Kier molecular flexibility index (Phi) is 3.20. The molecule has 106 valence electrons. The predicted molar refractivity (Wildman–Crippen MR) is 74.9 cm³/mol. The van der Waals surface area contributed by atoms with Crippen LogP contribution < -0.4 is 10.5 Å². The summed E-state index contributed by atoms with van der Waals surface area (Å²) in [6.45, 7) is 0.736. The van der Waals surface area contributed by atoms with Crippen LogP contribution in [0.2, 0.25) is 0 Å². The molecule has 0 fully saturated rings. The Labute approximate surface area is 118 Å². The van der Waals surface area contributed by atoms with E-state index in [-0.39, 0.29) is 17.4 Å². The Hall–Kier alpha value is -1.91. The van der Waals surface area contributed by atoms with Gasteiger partial charge < -0.3 is 10.3 Å². The van der Waals surface area contributed by atoms with Crippen molar-refractivity contribution in [3.05, 3.63) is 30.3 Å². The monoisotopic (exact) mass is 312 g/mol. The van der Waals surface area contributed by atoms with E-state index in [0.29, 0.717) is 11.5 Å². The van der Waals surface area contributed by atoms with Gasteiger partial charge in [-0.25, -0.2) is 23.1 Å². The van der Waals surface area contributed by atoms with E-state index in [1.807, 2.05) is 0 Å². The van der Waals surface area contributed by atoms with Gasteiger partial charge in [0, 0.05) is 37.1 Å². The molecule has 0 aliphatic rings. The highest BCUT2D eigenvalue weighted by Gasteiger charge is 2.23. The molecule has 0 saturated carbocycles. The molecule has 0 amide bonds. The number of fused-ring (bicyclic) bond motifs is 1. The average Bonchev–Trinajstić information content (AvgIpc) is 3.04. The van der Waals surface area contributed by atoms with Gasteiger partial charge in [0.25, 0.3) is 10.0 Å². The van der Waals surface area contributed by atoms with Crippen LogP contribution in [0.15, 0.2) is 35.3 Å². The molecule has 3 aromatic heterocycles. The standard InChI is InChI=1S/C10H12N6O2S2/c11-8-9(16-5-6-19-10(16)14-8)20(17,18)13-2-4-15-3-1-12-7-15/h1,3,5-7,13H,2,4,11H2. The van der Waals surface area contributed by atoms with Gasteiger partial charge in [-0.05, 0) is 0 Å². The second-order valence-corrected chi connectivity index (χ2v) is 6.61. The van der Waals surface area contributed by atoms with Crippen LogP contribution in [0.1, 0.15) is 0 Å². The minimum Gasteiger partial charge on any atom is -0.381 e. The normalized spacial score (nSPS) is 12.2. The van der Waals surface area contributed by atoms with E-state index in [1.54, 1.807) is 34.9 Å². The molecular formula is C10H12N6O2S2. The summed E-state index contributed by atoms with van der Waals surface area (Å²) in [5.41, 5.74) is 5.69. The number of nitrogens with zero attached hydrogens (tertiary/aromatic N) is 4. The zero-order chi connectivity index (χ0) is 14.2. The molecule has 0 radical (unpaired) electrons. The van der Waals surface area contributed by atoms with Crippen molar-refractivity contribution in [2.75, 3.05) is 12.3 Å². The molecule has 0 spiro atoms. The summed E-state index contributed by atoms with van der Waals surface area (Å²) in [5.74, 6) is 0.00646. The fraction of sp³-hybridized carbons (Fsp3) is 0.200. The largest absolute Gasteiger partial charge is 0.381 e. The molecular weight excluding hydrogens is 300 g/mol. The number of imidazole rings is 2. The van der Waals surface area contributed by atoms with Crippen molar-refractivity contribution in [3.63, 3.8) is 0 Å². The Bertz CT molecular complexity index is 817. The smallest absolute Gasteiger partial charge is 0.260 e. The minimum absolute atomic E-state index is 0.00646. The molecule has 20 heavy (non-hydrogen) atoms. The first-order chi connectivity index (χ1) is 9.58. The van der Waals surface area contributed by atoms with Crippen molar-refractivity contribution in [2.45, 2.75) is 11.6 Å². The number of hydrogen-bond donors (Lipinski definition) is 2. The Balaban J connectivity index is 1.81. The van der Waals surface area contributed by atoms with E-state index < -0.39 is 10.0 Å². The highest BCUT2D eigenvalue weighted by atomic mass is 32.2. The van der Waals surface area contributed by atoms with Gasteiger partial charge >= 0.3 is 0 Å². The third-order valence-corrected chi connectivity index (χ3v) is 4.97. The van der Waals surface area contributed by atoms with Crippen LogP contribution in [-0.2, 0) is 16.6 Å². The van der Waals surface area contributed by atoms with Crippen molar-refractivity contribution >= 4 is 32.1 Å². The maximum absolute atomic E-state index is 12.3. The molecule has 8 nitrogen and oxygen atoms in total.